The molecule has 1 fully saturated rings. The number of aromatic nitrogens is 2. The highest BCUT2D eigenvalue weighted by molar-refractivity contribution is 7.98. The van der Waals surface area contributed by atoms with Crippen molar-refractivity contribution in [1.29, 1.82) is 0 Å². The molecule has 178 valence electrons. The fourth-order valence-electron chi connectivity index (χ4n) is 3.61. The number of ether oxygens (including phenoxy) is 1. The molecule has 1 saturated heterocycles. The lowest BCUT2D eigenvalue weighted by Crippen LogP contribution is -2.36. The number of carbonyl (C=O) groups excluding carboxylic acids is 1. The molecule has 34 heavy (non-hydrogen) atoms. The SMILES string of the molecule is CSc1nc(-c2cc(NC(=O)c3cccc(C(F)(F)F)c3)ccc2C)cc(N2CCOCC2)n1. The first-order valence-electron chi connectivity index (χ1n) is 10.6. The van der Waals surface area contributed by atoms with Gasteiger partial charge in [-0.2, -0.15) is 13.2 Å². The molecule has 6 nitrogen and oxygen atoms in total. The number of hydrogen-bond acceptors (Lipinski definition) is 6. The maximum atomic E-state index is 13.0. The number of anilines is 2. The van der Waals surface area contributed by atoms with Gasteiger partial charge >= 0.3 is 6.18 Å². The Balaban J connectivity index is 1.63. The average molecular weight is 489 g/mol. The van der Waals surface area contributed by atoms with E-state index in [4.69, 9.17) is 4.74 Å². The highest BCUT2D eigenvalue weighted by Crippen LogP contribution is 2.31. The molecule has 2 heterocycles. The minimum Gasteiger partial charge on any atom is -0.378 e. The molecule has 1 aliphatic rings. The van der Waals surface area contributed by atoms with E-state index in [1.807, 2.05) is 25.3 Å². The van der Waals surface area contributed by atoms with E-state index in [2.05, 4.69) is 20.2 Å². The number of aryl methyl sites for hydroxylation is 1. The minimum absolute atomic E-state index is 0.0711. The second kappa shape index (κ2) is 10.0. The van der Waals surface area contributed by atoms with Crippen LogP contribution in [0.5, 0.6) is 0 Å². The van der Waals surface area contributed by atoms with Crippen LogP contribution in [-0.4, -0.2) is 48.4 Å². The van der Waals surface area contributed by atoms with Crippen LogP contribution in [0.4, 0.5) is 24.7 Å². The highest BCUT2D eigenvalue weighted by Gasteiger charge is 2.31. The molecule has 0 saturated carbocycles. The van der Waals surface area contributed by atoms with Crippen LogP contribution in [0.2, 0.25) is 0 Å². The number of alkyl halides is 3. The average Bonchev–Trinajstić information content (AvgIpc) is 2.85. The third kappa shape index (κ3) is 5.51. The summed E-state index contributed by atoms with van der Waals surface area (Å²) in [7, 11) is 0. The first-order valence-corrected chi connectivity index (χ1v) is 11.8. The summed E-state index contributed by atoms with van der Waals surface area (Å²) in [6.45, 7) is 4.66. The lowest BCUT2D eigenvalue weighted by atomic mass is 10.0. The van der Waals surface area contributed by atoms with Crippen molar-refractivity contribution in [2.75, 3.05) is 42.8 Å². The first kappa shape index (κ1) is 24.0. The summed E-state index contributed by atoms with van der Waals surface area (Å²) < 4.78 is 44.5. The Morgan fingerprint density at radius 2 is 1.85 bits per heavy atom. The van der Waals surface area contributed by atoms with E-state index >= 15 is 0 Å². The lowest BCUT2D eigenvalue weighted by Gasteiger charge is -2.28. The second-order valence-electron chi connectivity index (χ2n) is 7.76. The normalized spacial score (nSPS) is 14.2. The lowest BCUT2D eigenvalue weighted by molar-refractivity contribution is -0.137. The van der Waals surface area contributed by atoms with Crippen LogP contribution in [0, 0.1) is 6.92 Å². The number of amides is 1. The molecule has 0 spiro atoms. The maximum Gasteiger partial charge on any atom is 0.416 e. The van der Waals surface area contributed by atoms with Crippen molar-refractivity contribution in [2.24, 2.45) is 0 Å². The third-order valence-corrected chi connectivity index (χ3v) is 5.98. The number of halogens is 3. The summed E-state index contributed by atoms with van der Waals surface area (Å²) in [6.07, 6.45) is -2.62. The zero-order valence-corrected chi connectivity index (χ0v) is 19.5. The molecule has 0 radical (unpaired) electrons. The van der Waals surface area contributed by atoms with Crippen molar-refractivity contribution >= 4 is 29.2 Å². The molecule has 2 aromatic carbocycles. The van der Waals surface area contributed by atoms with Crippen LogP contribution in [-0.2, 0) is 10.9 Å². The molecule has 10 heteroatoms. The van der Waals surface area contributed by atoms with Crippen molar-refractivity contribution in [3.8, 4) is 11.3 Å². The smallest absolute Gasteiger partial charge is 0.378 e. The summed E-state index contributed by atoms with van der Waals surface area (Å²) >= 11 is 1.44. The number of morpholine rings is 1. The summed E-state index contributed by atoms with van der Waals surface area (Å²) in [5, 5.41) is 3.32. The predicted octanol–water partition coefficient (Wildman–Crippen LogP) is 5.28. The molecule has 0 unspecified atom stereocenters. The molecule has 1 N–H and O–H groups in total. The van der Waals surface area contributed by atoms with Gasteiger partial charge in [-0.05, 0) is 49.1 Å². The van der Waals surface area contributed by atoms with Gasteiger partial charge in [0.05, 0.1) is 24.5 Å². The quantitative estimate of drug-likeness (QED) is 0.389. The summed E-state index contributed by atoms with van der Waals surface area (Å²) in [6, 6.07) is 11.6. The van der Waals surface area contributed by atoms with E-state index in [-0.39, 0.29) is 5.56 Å². The van der Waals surface area contributed by atoms with E-state index < -0.39 is 17.6 Å². The summed E-state index contributed by atoms with van der Waals surface area (Å²) in [5.74, 6) is 0.179. The second-order valence-corrected chi connectivity index (χ2v) is 8.53. The fourth-order valence-corrected chi connectivity index (χ4v) is 3.99. The molecule has 0 bridgehead atoms. The number of benzene rings is 2. The number of nitrogens with zero attached hydrogens (tertiary/aromatic N) is 3. The molecule has 0 aliphatic carbocycles. The van der Waals surface area contributed by atoms with Crippen molar-refractivity contribution in [3.05, 3.63) is 65.2 Å². The maximum absolute atomic E-state index is 13.0. The van der Waals surface area contributed by atoms with E-state index in [0.29, 0.717) is 29.8 Å². The van der Waals surface area contributed by atoms with Crippen LogP contribution in [0.1, 0.15) is 21.5 Å². The van der Waals surface area contributed by atoms with Crippen molar-refractivity contribution in [3.63, 3.8) is 0 Å². The zero-order chi connectivity index (χ0) is 24.3. The molecule has 1 amide bonds. The van der Waals surface area contributed by atoms with Gasteiger partial charge in [-0.15, -0.1) is 0 Å². The Labute approximate surface area is 199 Å². The van der Waals surface area contributed by atoms with Gasteiger partial charge in [-0.25, -0.2) is 9.97 Å². The summed E-state index contributed by atoms with van der Waals surface area (Å²) in [5.41, 5.74) is 1.96. The van der Waals surface area contributed by atoms with Gasteiger partial charge in [0.15, 0.2) is 5.16 Å². The summed E-state index contributed by atoms with van der Waals surface area (Å²) in [4.78, 5) is 24.1. The highest BCUT2D eigenvalue weighted by atomic mass is 32.2. The molecule has 0 atom stereocenters. The zero-order valence-electron chi connectivity index (χ0n) is 18.6. The standard InChI is InChI=1S/C24H23F3N4O2S/c1-15-6-7-18(28-22(32)16-4-3-5-17(12-16)24(25,26)27)13-19(15)20-14-21(30-23(29-20)34-2)31-8-10-33-11-9-31/h3-7,12-14H,8-11H2,1-2H3,(H,28,32). The Hall–Kier alpha value is -3.11. The number of thioether (sulfide) groups is 1. The largest absolute Gasteiger partial charge is 0.416 e. The molecular formula is C24H23F3N4O2S. The van der Waals surface area contributed by atoms with Crippen LogP contribution < -0.4 is 10.2 Å². The number of hydrogen-bond donors (Lipinski definition) is 1. The van der Waals surface area contributed by atoms with Crippen molar-refractivity contribution in [2.45, 2.75) is 18.3 Å². The van der Waals surface area contributed by atoms with Gasteiger partial charge in [-0.3, -0.25) is 4.79 Å². The number of rotatable bonds is 5. The van der Waals surface area contributed by atoms with E-state index in [9.17, 15) is 18.0 Å². The number of carbonyl (C=O) groups is 1. The molecule has 4 rings (SSSR count). The van der Waals surface area contributed by atoms with Gasteiger partial charge in [0, 0.05) is 36.0 Å². The first-order chi connectivity index (χ1) is 16.2. The molecule has 1 aliphatic heterocycles. The van der Waals surface area contributed by atoms with Crippen LogP contribution in [0.3, 0.4) is 0 Å². The van der Waals surface area contributed by atoms with Crippen molar-refractivity contribution in [1.82, 2.24) is 9.97 Å². The van der Waals surface area contributed by atoms with Gasteiger partial charge < -0.3 is 15.0 Å². The van der Waals surface area contributed by atoms with Gasteiger partial charge in [0.25, 0.3) is 5.91 Å². The van der Waals surface area contributed by atoms with Gasteiger partial charge in [0.2, 0.25) is 0 Å². The number of nitrogens with one attached hydrogen (secondary N) is 1. The Bertz CT molecular complexity index is 1200. The molecular weight excluding hydrogens is 465 g/mol. The van der Waals surface area contributed by atoms with Crippen LogP contribution >= 0.6 is 11.8 Å². The van der Waals surface area contributed by atoms with Crippen LogP contribution in [0.15, 0.2) is 53.7 Å². The fraction of sp³-hybridized carbons (Fsp3) is 0.292. The monoisotopic (exact) mass is 488 g/mol. The van der Waals surface area contributed by atoms with E-state index in [1.165, 1.54) is 23.9 Å². The predicted molar refractivity (Wildman–Crippen MR) is 126 cm³/mol. The Morgan fingerprint density at radius 3 is 2.56 bits per heavy atom. The van der Waals surface area contributed by atoms with Gasteiger partial charge in [0.1, 0.15) is 5.82 Å². The minimum atomic E-state index is -4.52. The van der Waals surface area contributed by atoms with Gasteiger partial charge in [-0.1, -0.05) is 23.9 Å². The molecule has 3 aromatic rings. The Kier molecular flexibility index (Phi) is 7.08. The third-order valence-electron chi connectivity index (χ3n) is 5.43. The van der Waals surface area contributed by atoms with E-state index in [1.54, 1.807) is 12.1 Å². The molecule has 1 aromatic heterocycles. The van der Waals surface area contributed by atoms with Crippen LogP contribution in [0.25, 0.3) is 11.3 Å². The topological polar surface area (TPSA) is 67.4 Å². The van der Waals surface area contributed by atoms with E-state index in [0.717, 1.165) is 42.2 Å². The van der Waals surface area contributed by atoms with Crippen molar-refractivity contribution < 1.29 is 22.7 Å². The Morgan fingerprint density at radius 1 is 1.09 bits per heavy atom.